The van der Waals surface area contributed by atoms with Gasteiger partial charge >= 0.3 is 0 Å². The summed E-state index contributed by atoms with van der Waals surface area (Å²) in [6.07, 6.45) is 2.93. The summed E-state index contributed by atoms with van der Waals surface area (Å²) in [5.41, 5.74) is 0.104. The summed E-state index contributed by atoms with van der Waals surface area (Å²) in [5.74, 6) is -0.773. The van der Waals surface area contributed by atoms with Crippen LogP contribution in [0.15, 0.2) is 0 Å². The molecule has 0 aromatic carbocycles. The molecule has 1 saturated heterocycles. The van der Waals surface area contributed by atoms with Gasteiger partial charge in [-0.3, -0.25) is 0 Å². The molecule has 90 valence electrons. The number of ether oxygens (including phenoxy) is 3. The van der Waals surface area contributed by atoms with E-state index in [1.807, 2.05) is 6.92 Å². The highest BCUT2D eigenvalue weighted by Crippen LogP contribution is 2.32. The Balaban J connectivity index is 2.41. The van der Waals surface area contributed by atoms with Crippen LogP contribution in [0.25, 0.3) is 0 Å². The van der Waals surface area contributed by atoms with Gasteiger partial charge in [-0.05, 0) is 6.42 Å². The lowest BCUT2D eigenvalue weighted by Crippen LogP contribution is -2.49. The average molecular weight is 216 g/mol. The fourth-order valence-electron chi connectivity index (χ4n) is 1.46. The molecular formula is C12H24O3. The van der Waals surface area contributed by atoms with E-state index in [0.29, 0.717) is 19.8 Å². The van der Waals surface area contributed by atoms with E-state index in [-0.39, 0.29) is 5.41 Å². The van der Waals surface area contributed by atoms with Gasteiger partial charge < -0.3 is 14.2 Å². The van der Waals surface area contributed by atoms with Gasteiger partial charge in [0.1, 0.15) is 0 Å². The lowest BCUT2D eigenvalue weighted by atomic mass is 9.95. The minimum atomic E-state index is -0.773. The maximum Gasteiger partial charge on any atom is 0.282 e. The van der Waals surface area contributed by atoms with Gasteiger partial charge in [-0.1, -0.05) is 34.1 Å². The number of rotatable bonds is 5. The highest BCUT2D eigenvalue weighted by molar-refractivity contribution is 4.74. The number of unbranched alkanes of at least 4 members (excludes halogenated alkanes) is 1. The molecule has 0 atom stereocenters. The standard InChI is InChI=1S/C12H24O3/c1-5-7-8-13-12(6-2)14-9-11(3,4)10-15-12/h5-10H2,1-4H3. The van der Waals surface area contributed by atoms with Crippen molar-refractivity contribution < 1.29 is 14.2 Å². The van der Waals surface area contributed by atoms with Crippen LogP contribution in [0.4, 0.5) is 0 Å². The molecule has 0 spiro atoms. The normalized spacial score (nSPS) is 24.0. The third-order valence-corrected chi connectivity index (χ3v) is 2.62. The zero-order valence-electron chi connectivity index (χ0n) is 10.5. The van der Waals surface area contributed by atoms with E-state index >= 15 is 0 Å². The molecule has 3 nitrogen and oxygen atoms in total. The Morgan fingerprint density at radius 3 is 2.20 bits per heavy atom. The van der Waals surface area contributed by atoms with Gasteiger partial charge in [-0.2, -0.15) is 0 Å². The molecule has 1 fully saturated rings. The van der Waals surface area contributed by atoms with Gasteiger partial charge in [-0.25, -0.2) is 0 Å². The Hall–Kier alpha value is -0.120. The van der Waals surface area contributed by atoms with E-state index in [4.69, 9.17) is 14.2 Å². The van der Waals surface area contributed by atoms with Crippen LogP contribution in [0.2, 0.25) is 0 Å². The summed E-state index contributed by atoms with van der Waals surface area (Å²) >= 11 is 0. The van der Waals surface area contributed by atoms with Crippen molar-refractivity contribution >= 4 is 0 Å². The first-order valence-corrected chi connectivity index (χ1v) is 5.95. The minimum absolute atomic E-state index is 0.104. The zero-order valence-corrected chi connectivity index (χ0v) is 10.5. The fourth-order valence-corrected chi connectivity index (χ4v) is 1.46. The SMILES string of the molecule is CCCCOC1(CC)OCC(C)(C)CO1. The van der Waals surface area contributed by atoms with Crippen LogP contribution in [0.5, 0.6) is 0 Å². The van der Waals surface area contributed by atoms with Crippen LogP contribution in [0.1, 0.15) is 47.0 Å². The van der Waals surface area contributed by atoms with Crippen LogP contribution >= 0.6 is 0 Å². The van der Waals surface area contributed by atoms with E-state index in [1.54, 1.807) is 0 Å². The Kier molecular flexibility index (Phi) is 4.56. The number of hydrogen-bond acceptors (Lipinski definition) is 3. The second-order valence-corrected chi connectivity index (χ2v) is 4.98. The first-order chi connectivity index (χ1) is 7.04. The van der Waals surface area contributed by atoms with E-state index in [9.17, 15) is 0 Å². The molecule has 0 amide bonds. The van der Waals surface area contributed by atoms with Gasteiger partial charge in [-0.15, -0.1) is 0 Å². The first kappa shape index (κ1) is 12.9. The van der Waals surface area contributed by atoms with Crippen LogP contribution in [-0.4, -0.2) is 25.8 Å². The summed E-state index contributed by atoms with van der Waals surface area (Å²) in [6.45, 7) is 10.6. The Morgan fingerprint density at radius 1 is 1.13 bits per heavy atom. The van der Waals surface area contributed by atoms with Gasteiger partial charge in [0.15, 0.2) is 0 Å². The van der Waals surface area contributed by atoms with Gasteiger partial charge in [0.25, 0.3) is 5.97 Å². The second-order valence-electron chi connectivity index (χ2n) is 4.98. The van der Waals surface area contributed by atoms with Crippen molar-refractivity contribution in [1.29, 1.82) is 0 Å². The largest absolute Gasteiger partial charge is 0.327 e. The van der Waals surface area contributed by atoms with Crippen molar-refractivity contribution in [1.82, 2.24) is 0 Å². The highest BCUT2D eigenvalue weighted by atomic mass is 16.9. The molecule has 0 unspecified atom stereocenters. The molecule has 1 heterocycles. The lowest BCUT2D eigenvalue weighted by Gasteiger charge is -2.42. The van der Waals surface area contributed by atoms with E-state index in [2.05, 4.69) is 20.8 Å². The minimum Gasteiger partial charge on any atom is -0.327 e. The van der Waals surface area contributed by atoms with Crippen molar-refractivity contribution in [3.63, 3.8) is 0 Å². The molecule has 3 heteroatoms. The van der Waals surface area contributed by atoms with Crippen molar-refractivity contribution in [3.8, 4) is 0 Å². The predicted octanol–water partition coefficient (Wildman–Crippen LogP) is 2.94. The number of hydrogen-bond donors (Lipinski definition) is 0. The smallest absolute Gasteiger partial charge is 0.282 e. The quantitative estimate of drug-likeness (QED) is 0.661. The first-order valence-electron chi connectivity index (χ1n) is 5.95. The third kappa shape index (κ3) is 3.74. The summed E-state index contributed by atoms with van der Waals surface area (Å²) in [7, 11) is 0. The van der Waals surface area contributed by atoms with Crippen molar-refractivity contribution in [2.24, 2.45) is 5.41 Å². The molecule has 1 aliphatic heterocycles. The van der Waals surface area contributed by atoms with Gasteiger partial charge in [0.05, 0.1) is 19.8 Å². The molecule has 0 N–H and O–H groups in total. The molecule has 0 aromatic rings. The monoisotopic (exact) mass is 216 g/mol. The molecule has 0 radical (unpaired) electrons. The fraction of sp³-hybridized carbons (Fsp3) is 1.00. The third-order valence-electron chi connectivity index (χ3n) is 2.62. The van der Waals surface area contributed by atoms with Crippen LogP contribution in [-0.2, 0) is 14.2 Å². The summed E-state index contributed by atoms with van der Waals surface area (Å²) in [5, 5.41) is 0. The molecule has 1 rings (SSSR count). The topological polar surface area (TPSA) is 27.7 Å². The van der Waals surface area contributed by atoms with Crippen molar-refractivity contribution in [3.05, 3.63) is 0 Å². The molecule has 1 aliphatic rings. The maximum atomic E-state index is 5.73. The van der Waals surface area contributed by atoms with Gasteiger partial charge in [0, 0.05) is 11.8 Å². The average Bonchev–Trinajstić information content (AvgIpc) is 2.22. The molecule has 0 bridgehead atoms. The summed E-state index contributed by atoms with van der Waals surface area (Å²) in [4.78, 5) is 0. The molecule has 0 saturated carbocycles. The summed E-state index contributed by atoms with van der Waals surface area (Å²) in [6, 6.07) is 0. The Labute approximate surface area is 93.1 Å². The highest BCUT2D eigenvalue weighted by Gasteiger charge is 2.40. The van der Waals surface area contributed by atoms with Crippen LogP contribution < -0.4 is 0 Å². The van der Waals surface area contributed by atoms with Crippen molar-refractivity contribution in [2.45, 2.75) is 52.9 Å². The second kappa shape index (κ2) is 5.28. The van der Waals surface area contributed by atoms with E-state index in [1.165, 1.54) is 0 Å². The molecule has 0 aliphatic carbocycles. The van der Waals surface area contributed by atoms with Gasteiger partial charge in [0.2, 0.25) is 0 Å². The summed E-state index contributed by atoms with van der Waals surface area (Å²) < 4.78 is 17.2. The van der Waals surface area contributed by atoms with Crippen LogP contribution in [0, 0.1) is 5.41 Å². The Bertz CT molecular complexity index is 179. The predicted molar refractivity (Wildman–Crippen MR) is 59.6 cm³/mol. The zero-order chi connectivity index (χ0) is 11.4. The lowest BCUT2D eigenvalue weighted by molar-refractivity contribution is -0.417. The van der Waals surface area contributed by atoms with Crippen molar-refractivity contribution in [2.75, 3.05) is 19.8 Å². The van der Waals surface area contributed by atoms with E-state index < -0.39 is 5.97 Å². The van der Waals surface area contributed by atoms with Crippen LogP contribution in [0.3, 0.4) is 0 Å². The molecule has 0 aromatic heterocycles. The molecule has 15 heavy (non-hydrogen) atoms. The Morgan fingerprint density at radius 2 is 1.73 bits per heavy atom. The maximum absolute atomic E-state index is 5.73. The van der Waals surface area contributed by atoms with E-state index in [0.717, 1.165) is 19.3 Å². The molecular weight excluding hydrogens is 192 g/mol.